The first-order valence-corrected chi connectivity index (χ1v) is 15.8. The minimum atomic E-state index is -1.39. The first-order valence-electron chi connectivity index (χ1n) is 13.3. The largest absolute Gasteiger partial charge is 0.463 e. The van der Waals surface area contributed by atoms with Crippen molar-refractivity contribution in [1.82, 2.24) is 19.9 Å². The molecule has 1 amide bonds. The van der Waals surface area contributed by atoms with Crippen molar-refractivity contribution in [2.45, 2.75) is 56.4 Å². The number of benzene rings is 1. The minimum Gasteiger partial charge on any atom is -0.463 e. The molecule has 1 spiro atoms. The summed E-state index contributed by atoms with van der Waals surface area (Å²) in [4.78, 5) is 38.0. The van der Waals surface area contributed by atoms with Gasteiger partial charge in [-0.25, -0.2) is 18.4 Å². The van der Waals surface area contributed by atoms with Gasteiger partial charge in [0.1, 0.15) is 22.8 Å². The number of amidine groups is 1. The summed E-state index contributed by atoms with van der Waals surface area (Å²) >= 11 is 7.86. The molecule has 4 aliphatic rings. The number of esters is 1. The molecule has 6 rings (SSSR count). The van der Waals surface area contributed by atoms with Crippen LogP contribution in [0.25, 0.3) is 0 Å². The Bertz CT molecular complexity index is 1420. The summed E-state index contributed by atoms with van der Waals surface area (Å²) < 4.78 is 34.7. The number of aliphatic imine (C=N–C) groups is 1. The second kappa shape index (κ2) is 11.0. The molecule has 212 valence electrons. The van der Waals surface area contributed by atoms with Crippen molar-refractivity contribution < 1.29 is 22.9 Å². The predicted molar refractivity (Wildman–Crippen MR) is 151 cm³/mol. The third kappa shape index (κ3) is 5.59. The Balaban J connectivity index is 1.39. The van der Waals surface area contributed by atoms with Gasteiger partial charge in [-0.15, -0.1) is 11.3 Å². The van der Waals surface area contributed by atoms with Gasteiger partial charge in [0.05, 0.1) is 23.5 Å². The predicted octanol–water partition coefficient (Wildman–Crippen LogP) is 3.64. The topological polar surface area (TPSA) is 113 Å². The molecule has 1 aromatic carbocycles. The highest BCUT2D eigenvalue weighted by atomic mass is 35.5. The molecule has 2 aliphatic carbocycles. The van der Waals surface area contributed by atoms with Crippen molar-refractivity contribution >= 4 is 51.6 Å². The molecule has 2 aromatic rings. The molecule has 3 fully saturated rings. The van der Waals surface area contributed by atoms with Crippen LogP contribution in [0.5, 0.6) is 0 Å². The molecule has 2 saturated carbocycles. The first-order chi connectivity index (χ1) is 19.3. The molecule has 0 radical (unpaired) electrons. The number of amides is 1. The molecule has 3 atom stereocenters. The van der Waals surface area contributed by atoms with Gasteiger partial charge in [0, 0.05) is 40.9 Å². The van der Waals surface area contributed by atoms with Gasteiger partial charge in [0.2, 0.25) is 5.91 Å². The fraction of sp³-hybridized carbons (Fsp3) is 0.481. The number of thiazole rings is 1. The van der Waals surface area contributed by atoms with Crippen LogP contribution in [0.3, 0.4) is 0 Å². The van der Waals surface area contributed by atoms with E-state index in [1.807, 2.05) is 10.3 Å². The standard InChI is InChI=1S/C27H29ClFN5O4S2/c1-2-38-26(36)21-19(13-34-14-27(7-8-27)12-20(34)24(35)33-40(37)16-4-5-16)31-23(25-30-9-10-39-25)32-22(21)17-6-3-15(29)11-18(17)28/h3,6,9-11,16,20,22H,2,4-5,7-8,12-14H2,1H3,(H,31,32)(H,33,35). The van der Waals surface area contributed by atoms with Crippen molar-refractivity contribution in [2.75, 3.05) is 19.7 Å². The van der Waals surface area contributed by atoms with Gasteiger partial charge in [-0.3, -0.25) is 19.4 Å². The van der Waals surface area contributed by atoms with E-state index in [-0.39, 0.29) is 40.3 Å². The average molecular weight is 606 g/mol. The number of likely N-dealkylation sites (tertiary alicyclic amines) is 1. The molecule has 2 aliphatic heterocycles. The molecule has 9 nitrogen and oxygen atoms in total. The quantitative estimate of drug-likeness (QED) is 0.420. The zero-order valence-electron chi connectivity index (χ0n) is 21.8. The van der Waals surface area contributed by atoms with E-state index < -0.39 is 34.9 Å². The van der Waals surface area contributed by atoms with E-state index in [1.165, 1.54) is 29.5 Å². The third-order valence-corrected chi connectivity index (χ3v) is 10.4. The summed E-state index contributed by atoms with van der Waals surface area (Å²) in [6.45, 7) is 2.77. The van der Waals surface area contributed by atoms with Crippen LogP contribution in [-0.4, -0.2) is 62.8 Å². The number of hydrogen-bond donors (Lipinski definition) is 2. The van der Waals surface area contributed by atoms with Crippen LogP contribution in [-0.2, 0) is 25.3 Å². The molecule has 3 heterocycles. The van der Waals surface area contributed by atoms with Gasteiger partial charge in [-0.1, -0.05) is 17.7 Å². The van der Waals surface area contributed by atoms with Gasteiger partial charge in [-0.2, -0.15) is 0 Å². The van der Waals surface area contributed by atoms with E-state index in [4.69, 9.17) is 21.3 Å². The maximum atomic E-state index is 14.0. The minimum absolute atomic E-state index is 0.0325. The number of carbonyl (C=O) groups is 2. The van der Waals surface area contributed by atoms with Gasteiger partial charge in [0.15, 0.2) is 10.8 Å². The SMILES string of the molecule is CCOC(=O)C1=C(CN2CC3(CC3)CC2C(=O)NS(=O)C2CC2)NC(c2nccs2)=NC1c1ccc(F)cc1Cl. The van der Waals surface area contributed by atoms with Gasteiger partial charge in [0.25, 0.3) is 0 Å². The van der Waals surface area contributed by atoms with E-state index in [9.17, 15) is 18.2 Å². The number of rotatable bonds is 9. The summed E-state index contributed by atoms with van der Waals surface area (Å²) in [6.07, 6.45) is 6.09. The van der Waals surface area contributed by atoms with Crippen molar-refractivity contribution in [3.63, 3.8) is 0 Å². The molecule has 40 heavy (non-hydrogen) atoms. The second-order valence-corrected chi connectivity index (χ2v) is 13.5. The van der Waals surface area contributed by atoms with Crippen molar-refractivity contribution in [2.24, 2.45) is 10.4 Å². The smallest absolute Gasteiger partial charge is 0.338 e. The lowest BCUT2D eigenvalue weighted by Crippen LogP contribution is -2.47. The average Bonchev–Trinajstić information content (AvgIpc) is 3.81. The monoisotopic (exact) mass is 605 g/mol. The Morgan fingerprint density at radius 3 is 2.80 bits per heavy atom. The summed E-state index contributed by atoms with van der Waals surface area (Å²) in [5.74, 6) is -0.888. The fourth-order valence-electron chi connectivity index (χ4n) is 5.41. The third-order valence-electron chi connectivity index (χ3n) is 7.77. The van der Waals surface area contributed by atoms with Crippen LogP contribution in [0.1, 0.15) is 55.6 Å². The fourth-order valence-corrected chi connectivity index (χ4v) is 7.33. The first kappa shape index (κ1) is 27.5. The Kier molecular flexibility index (Phi) is 7.53. The van der Waals surface area contributed by atoms with E-state index >= 15 is 0 Å². The van der Waals surface area contributed by atoms with Crippen LogP contribution < -0.4 is 10.0 Å². The number of nitrogens with zero attached hydrogens (tertiary/aromatic N) is 3. The van der Waals surface area contributed by atoms with Crippen molar-refractivity contribution in [3.05, 3.63) is 62.5 Å². The maximum absolute atomic E-state index is 14.0. The Hall–Kier alpha value is -2.67. The Morgan fingerprint density at radius 2 is 2.15 bits per heavy atom. The van der Waals surface area contributed by atoms with E-state index in [0.717, 1.165) is 25.7 Å². The number of ether oxygens (including phenoxy) is 1. The number of hydrogen-bond acceptors (Lipinski definition) is 9. The van der Waals surface area contributed by atoms with Crippen LogP contribution in [0, 0.1) is 11.2 Å². The molecule has 1 saturated heterocycles. The normalized spacial score (nSPS) is 24.4. The molecular formula is C27H29ClFN5O4S2. The summed E-state index contributed by atoms with van der Waals surface area (Å²) in [5.41, 5.74) is 1.26. The van der Waals surface area contributed by atoms with Crippen LogP contribution in [0.2, 0.25) is 5.02 Å². The Labute approximate surface area is 242 Å². The maximum Gasteiger partial charge on any atom is 0.338 e. The molecule has 13 heteroatoms. The van der Waals surface area contributed by atoms with Gasteiger partial charge >= 0.3 is 5.97 Å². The highest BCUT2D eigenvalue weighted by molar-refractivity contribution is 7.84. The lowest BCUT2D eigenvalue weighted by Gasteiger charge is -2.31. The van der Waals surface area contributed by atoms with E-state index in [0.29, 0.717) is 35.1 Å². The van der Waals surface area contributed by atoms with E-state index in [2.05, 4.69) is 15.0 Å². The zero-order valence-corrected chi connectivity index (χ0v) is 24.2. The number of nitrogens with one attached hydrogen (secondary N) is 2. The second-order valence-electron chi connectivity index (χ2n) is 10.7. The van der Waals surface area contributed by atoms with Gasteiger partial charge in [-0.05, 0) is 56.6 Å². The van der Waals surface area contributed by atoms with Gasteiger partial charge < -0.3 is 10.1 Å². The summed E-state index contributed by atoms with van der Waals surface area (Å²) in [6, 6.07) is 2.62. The highest BCUT2D eigenvalue weighted by Crippen LogP contribution is 2.55. The molecule has 0 bridgehead atoms. The number of aromatic nitrogens is 1. The molecule has 1 aromatic heterocycles. The zero-order chi connectivity index (χ0) is 28.0. The Morgan fingerprint density at radius 1 is 1.35 bits per heavy atom. The molecular weight excluding hydrogens is 577 g/mol. The van der Waals surface area contributed by atoms with Crippen molar-refractivity contribution in [3.8, 4) is 0 Å². The lowest BCUT2D eigenvalue weighted by molar-refractivity contribution is -0.139. The molecule has 2 N–H and O–H groups in total. The summed E-state index contributed by atoms with van der Waals surface area (Å²) in [7, 11) is -1.39. The molecule has 3 unspecified atom stereocenters. The number of halogens is 2. The van der Waals surface area contributed by atoms with Crippen LogP contribution >= 0.6 is 22.9 Å². The van der Waals surface area contributed by atoms with Crippen LogP contribution in [0.15, 0.2) is 46.0 Å². The number of carbonyl (C=O) groups excluding carboxylic acids is 2. The summed E-state index contributed by atoms with van der Waals surface area (Å²) in [5, 5.41) is 5.90. The van der Waals surface area contributed by atoms with Crippen LogP contribution in [0.4, 0.5) is 4.39 Å². The van der Waals surface area contributed by atoms with Crippen molar-refractivity contribution in [1.29, 1.82) is 0 Å². The highest BCUT2D eigenvalue weighted by Gasteiger charge is 2.54. The van der Waals surface area contributed by atoms with E-state index in [1.54, 1.807) is 13.1 Å². The lowest BCUT2D eigenvalue weighted by atomic mass is 9.95.